The Labute approximate surface area is 231 Å². The predicted molar refractivity (Wildman–Crippen MR) is 163 cm³/mol. The minimum Gasteiger partial charge on any atom is -0.497 e. The van der Waals surface area contributed by atoms with Gasteiger partial charge in [-0.2, -0.15) is 0 Å². The van der Waals surface area contributed by atoms with Gasteiger partial charge in [-0.1, -0.05) is 60.7 Å². The molecule has 0 atom stereocenters. The third kappa shape index (κ3) is 3.87. The molecule has 0 fully saturated rings. The van der Waals surface area contributed by atoms with Gasteiger partial charge in [-0.15, -0.1) is 0 Å². The number of ether oxygens (including phenoxy) is 1. The van der Waals surface area contributed by atoms with E-state index in [9.17, 15) is 10.1 Å². The summed E-state index contributed by atoms with van der Waals surface area (Å²) in [6.07, 6.45) is 0. The molecular formula is C35H24N2O3. The first kappa shape index (κ1) is 23.7. The van der Waals surface area contributed by atoms with Gasteiger partial charge in [-0.3, -0.25) is 10.1 Å². The fourth-order valence-electron chi connectivity index (χ4n) is 5.65. The van der Waals surface area contributed by atoms with Crippen LogP contribution in [0.2, 0.25) is 0 Å². The molecule has 0 radical (unpaired) electrons. The average Bonchev–Trinajstić information content (AvgIpc) is 3.01. The van der Waals surface area contributed by atoms with Crippen LogP contribution < -0.4 is 9.64 Å². The van der Waals surface area contributed by atoms with Gasteiger partial charge >= 0.3 is 0 Å². The Morgan fingerprint density at radius 1 is 0.600 bits per heavy atom. The van der Waals surface area contributed by atoms with Crippen LogP contribution in [0.1, 0.15) is 0 Å². The number of nitro benzene ring substituents is 1. The van der Waals surface area contributed by atoms with Gasteiger partial charge in [0.2, 0.25) is 0 Å². The molecule has 7 aromatic carbocycles. The van der Waals surface area contributed by atoms with E-state index in [2.05, 4.69) is 95.9 Å². The van der Waals surface area contributed by atoms with E-state index in [0.29, 0.717) is 0 Å². The highest BCUT2D eigenvalue weighted by Gasteiger charge is 2.18. The monoisotopic (exact) mass is 520 g/mol. The lowest BCUT2D eigenvalue weighted by atomic mass is 9.93. The molecule has 5 nitrogen and oxygen atoms in total. The zero-order valence-corrected chi connectivity index (χ0v) is 21.7. The molecule has 0 amide bonds. The maximum atomic E-state index is 11.1. The van der Waals surface area contributed by atoms with Crippen LogP contribution in [0.4, 0.5) is 22.7 Å². The van der Waals surface area contributed by atoms with Gasteiger partial charge in [-0.25, -0.2) is 0 Å². The van der Waals surface area contributed by atoms with Crippen LogP contribution in [0, 0.1) is 10.1 Å². The average molecular weight is 521 g/mol. The van der Waals surface area contributed by atoms with Crippen molar-refractivity contribution < 1.29 is 9.66 Å². The Hall–Kier alpha value is -5.42. The number of anilines is 3. The second-order valence-corrected chi connectivity index (χ2v) is 9.83. The summed E-state index contributed by atoms with van der Waals surface area (Å²) in [4.78, 5) is 13.0. The zero-order chi connectivity index (χ0) is 27.2. The number of hydrogen-bond donors (Lipinski definition) is 0. The molecule has 192 valence electrons. The van der Waals surface area contributed by atoms with Crippen LogP contribution in [-0.2, 0) is 0 Å². The van der Waals surface area contributed by atoms with Gasteiger partial charge in [0.15, 0.2) is 0 Å². The van der Waals surface area contributed by atoms with E-state index >= 15 is 0 Å². The topological polar surface area (TPSA) is 55.6 Å². The lowest BCUT2D eigenvalue weighted by molar-refractivity contribution is -0.384. The van der Waals surface area contributed by atoms with Crippen molar-refractivity contribution in [2.24, 2.45) is 0 Å². The van der Waals surface area contributed by atoms with Crippen molar-refractivity contribution in [3.05, 3.63) is 138 Å². The lowest BCUT2D eigenvalue weighted by Crippen LogP contribution is -2.10. The summed E-state index contributed by atoms with van der Waals surface area (Å²) < 4.78 is 5.43. The number of nitrogens with zero attached hydrogens (tertiary/aromatic N) is 2. The van der Waals surface area contributed by atoms with Crippen molar-refractivity contribution in [2.45, 2.75) is 0 Å². The van der Waals surface area contributed by atoms with Crippen molar-refractivity contribution in [2.75, 3.05) is 12.0 Å². The highest BCUT2D eigenvalue weighted by molar-refractivity contribution is 6.25. The molecule has 0 bridgehead atoms. The Kier molecular flexibility index (Phi) is 5.56. The molecule has 0 aromatic heterocycles. The standard InChI is InChI=1S/C35H24N2O3/c1-40-31-19-17-29(18-20-31)36(28-13-7-23(8-14-28)24-9-15-30(16-10-24)37(38)39)33-22-12-27-6-5-25-3-2-4-26-11-21-32(33)35(27)34(25)26/h2-22H,1H3. The van der Waals surface area contributed by atoms with E-state index in [-0.39, 0.29) is 10.6 Å². The van der Waals surface area contributed by atoms with Gasteiger partial charge in [-0.05, 0) is 92.7 Å². The molecule has 5 heteroatoms. The summed E-state index contributed by atoms with van der Waals surface area (Å²) in [7, 11) is 1.67. The van der Waals surface area contributed by atoms with Crippen LogP contribution in [0.15, 0.2) is 127 Å². The fourth-order valence-corrected chi connectivity index (χ4v) is 5.65. The Balaban J connectivity index is 1.40. The van der Waals surface area contributed by atoms with Crippen LogP contribution >= 0.6 is 0 Å². The number of rotatable bonds is 6. The summed E-state index contributed by atoms with van der Waals surface area (Å²) in [5.41, 5.74) is 5.10. The first-order chi connectivity index (χ1) is 19.6. The maximum Gasteiger partial charge on any atom is 0.269 e. The summed E-state index contributed by atoms with van der Waals surface area (Å²) in [5, 5.41) is 18.5. The molecule has 0 spiro atoms. The minimum atomic E-state index is -0.379. The van der Waals surface area contributed by atoms with Crippen molar-refractivity contribution in [3.8, 4) is 16.9 Å². The molecule has 0 aliphatic carbocycles. The van der Waals surface area contributed by atoms with Crippen molar-refractivity contribution in [1.29, 1.82) is 0 Å². The van der Waals surface area contributed by atoms with Crippen molar-refractivity contribution in [1.82, 2.24) is 0 Å². The van der Waals surface area contributed by atoms with Crippen molar-refractivity contribution >= 4 is 55.1 Å². The third-order valence-corrected chi connectivity index (χ3v) is 7.61. The van der Waals surface area contributed by atoms with E-state index in [1.54, 1.807) is 19.2 Å². The Morgan fingerprint density at radius 3 is 1.73 bits per heavy atom. The number of benzene rings is 7. The fraction of sp³-hybridized carbons (Fsp3) is 0.0286. The van der Waals surface area contributed by atoms with Crippen LogP contribution in [-0.4, -0.2) is 12.0 Å². The molecule has 7 aromatic rings. The zero-order valence-electron chi connectivity index (χ0n) is 21.7. The molecule has 0 saturated heterocycles. The van der Waals surface area contributed by atoms with Crippen LogP contribution in [0.3, 0.4) is 0 Å². The number of nitro groups is 1. The second kappa shape index (κ2) is 9.40. The van der Waals surface area contributed by atoms with Gasteiger partial charge in [0.05, 0.1) is 17.7 Å². The molecule has 0 unspecified atom stereocenters. The number of hydrogen-bond acceptors (Lipinski definition) is 4. The summed E-state index contributed by atoms with van der Waals surface area (Å²) in [6.45, 7) is 0. The maximum absolute atomic E-state index is 11.1. The van der Waals surface area contributed by atoms with Gasteiger partial charge in [0.25, 0.3) is 5.69 Å². The first-order valence-corrected chi connectivity index (χ1v) is 13.1. The van der Waals surface area contributed by atoms with Crippen LogP contribution in [0.25, 0.3) is 43.4 Å². The molecule has 0 N–H and O–H groups in total. The Bertz CT molecular complexity index is 1980. The normalized spacial score (nSPS) is 11.3. The molecule has 0 aliphatic heterocycles. The highest BCUT2D eigenvalue weighted by atomic mass is 16.6. The van der Waals surface area contributed by atoms with E-state index in [4.69, 9.17) is 4.74 Å². The molecular weight excluding hydrogens is 496 g/mol. The number of non-ortho nitro benzene ring substituents is 1. The SMILES string of the molecule is COc1ccc(N(c2ccc(-c3ccc([N+](=O)[O-])cc3)cc2)c2ccc3ccc4cccc5ccc2c3c45)cc1. The number of methoxy groups -OCH3 is 1. The lowest BCUT2D eigenvalue weighted by Gasteiger charge is -2.28. The van der Waals surface area contributed by atoms with E-state index in [0.717, 1.165) is 33.9 Å². The largest absolute Gasteiger partial charge is 0.497 e. The quantitative estimate of drug-likeness (QED) is 0.124. The van der Waals surface area contributed by atoms with E-state index in [1.165, 1.54) is 44.5 Å². The minimum absolute atomic E-state index is 0.0834. The van der Waals surface area contributed by atoms with Crippen LogP contribution in [0.5, 0.6) is 5.75 Å². The second-order valence-electron chi connectivity index (χ2n) is 9.83. The molecule has 0 aliphatic rings. The summed E-state index contributed by atoms with van der Waals surface area (Å²) in [6, 6.07) is 42.7. The molecule has 0 saturated carbocycles. The first-order valence-electron chi connectivity index (χ1n) is 13.1. The van der Waals surface area contributed by atoms with Crippen molar-refractivity contribution in [3.63, 3.8) is 0 Å². The van der Waals surface area contributed by atoms with E-state index in [1.807, 2.05) is 12.1 Å². The van der Waals surface area contributed by atoms with E-state index < -0.39 is 0 Å². The van der Waals surface area contributed by atoms with Gasteiger partial charge < -0.3 is 9.64 Å². The smallest absolute Gasteiger partial charge is 0.269 e. The van der Waals surface area contributed by atoms with Gasteiger partial charge in [0.1, 0.15) is 5.75 Å². The van der Waals surface area contributed by atoms with Gasteiger partial charge in [0, 0.05) is 28.9 Å². The third-order valence-electron chi connectivity index (χ3n) is 7.61. The summed E-state index contributed by atoms with van der Waals surface area (Å²) in [5.74, 6) is 0.799. The molecule has 7 rings (SSSR count). The molecule has 40 heavy (non-hydrogen) atoms. The highest BCUT2D eigenvalue weighted by Crippen LogP contribution is 2.44. The Morgan fingerprint density at radius 2 is 1.12 bits per heavy atom. The predicted octanol–water partition coefficient (Wildman–Crippen LogP) is 9.64. The summed E-state index contributed by atoms with van der Waals surface area (Å²) >= 11 is 0. The molecule has 0 heterocycles.